The Morgan fingerprint density at radius 3 is 2.62 bits per heavy atom. The second kappa shape index (κ2) is 8.70. The molecule has 7 nitrogen and oxygen atoms in total. The lowest BCUT2D eigenvalue weighted by molar-refractivity contribution is 0.171. The highest BCUT2D eigenvalue weighted by molar-refractivity contribution is 7.98. The Kier molecular flexibility index (Phi) is 5.39. The summed E-state index contributed by atoms with van der Waals surface area (Å²) in [5.74, 6) is 2.35. The fourth-order valence-corrected chi connectivity index (χ4v) is 5.29. The third-order valence-electron chi connectivity index (χ3n) is 5.69. The molecule has 170 valence electrons. The monoisotopic (exact) mass is 490 g/mol. The van der Waals surface area contributed by atoms with Crippen LogP contribution in [0.25, 0.3) is 16.7 Å². The van der Waals surface area contributed by atoms with Gasteiger partial charge in [0.2, 0.25) is 5.78 Å². The molecule has 1 aliphatic rings. The normalized spacial score (nSPS) is 13.0. The van der Waals surface area contributed by atoms with Crippen molar-refractivity contribution < 1.29 is 9.47 Å². The first-order valence-electron chi connectivity index (χ1n) is 10.8. The van der Waals surface area contributed by atoms with E-state index in [4.69, 9.17) is 21.1 Å². The second-order valence-corrected chi connectivity index (χ2v) is 9.25. The van der Waals surface area contributed by atoms with Crippen LogP contribution >= 0.6 is 23.4 Å². The zero-order valence-electron chi connectivity index (χ0n) is 18.0. The van der Waals surface area contributed by atoms with Crippen LogP contribution < -0.4 is 15.0 Å². The molecule has 0 spiro atoms. The minimum Gasteiger partial charge on any atom is -0.486 e. The smallest absolute Gasteiger partial charge is 0.263 e. The molecule has 34 heavy (non-hydrogen) atoms. The second-order valence-electron chi connectivity index (χ2n) is 7.90. The molecule has 1 aliphatic heterocycles. The van der Waals surface area contributed by atoms with Crippen LogP contribution in [-0.4, -0.2) is 32.4 Å². The summed E-state index contributed by atoms with van der Waals surface area (Å²) in [6.45, 7) is 1.40. The molecule has 0 saturated carbocycles. The van der Waals surface area contributed by atoms with E-state index in [0.29, 0.717) is 58.4 Å². The summed E-state index contributed by atoms with van der Waals surface area (Å²) in [5, 5.41) is 10.7. The first-order valence-corrected chi connectivity index (χ1v) is 12.2. The minimum absolute atomic E-state index is 0.0884. The molecule has 0 radical (unpaired) electrons. The summed E-state index contributed by atoms with van der Waals surface area (Å²) >= 11 is 7.93. The molecule has 9 heteroatoms. The van der Waals surface area contributed by atoms with Gasteiger partial charge in [0.25, 0.3) is 5.56 Å². The Morgan fingerprint density at radius 2 is 1.74 bits per heavy atom. The largest absolute Gasteiger partial charge is 0.486 e. The van der Waals surface area contributed by atoms with Crippen molar-refractivity contribution in [3.8, 4) is 11.5 Å². The van der Waals surface area contributed by atoms with E-state index in [9.17, 15) is 4.79 Å². The molecule has 3 aromatic carbocycles. The number of hydrogen-bond donors (Lipinski definition) is 0. The van der Waals surface area contributed by atoms with E-state index in [0.717, 1.165) is 16.6 Å². The van der Waals surface area contributed by atoms with Crippen LogP contribution in [0, 0.1) is 0 Å². The molecule has 0 bridgehead atoms. The molecular formula is C25H19ClN4O3S. The maximum absolute atomic E-state index is 13.3. The molecule has 0 atom stereocenters. The molecule has 0 aliphatic carbocycles. The molecule has 2 aromatic heterocycles. The maximum atomic E-state index is 13.3. The lowest BCUT2D eigenvalue weighted by atomic mass is 10.2. The molecule has 3 heterocycles. The number of ether oxygens (including phenoxy) is 2. The third-order valence-corrected chi connectivity index (χ3v) is 6.97. The Bertz CT molecular complexity index is 1580. The Morgan fingerprint density at radius 1 is 0.941 bits per heavy atom. The van der Waals surface area contributed by atoms with Crippen LogP contribution in [-0.2, 0) is 12.3 Å². The van der Waals surface area contributed by atoms with Gasteiger partial charge in [-0.1, -0.05) is 65.8 Å². The van der Waals surface area contributed by atoms with Crippen LogP contribution in [0.2, 0.25) is 5.02 Å². The number of rotatable bonds is 5. The number of fused-ring (bicyclic) bond motifs is 4. The summed E-state index contributed by atoms with van der Waals surface area (Å²) < 4.78 is 14.9. The first kappa shape index (κ1) is 21.1. The highest BCUT2D eigenvalue weighted by atomic mass is 35.5. The van der Waals surface area contributed by atoms with Crippen molar-refractivity contribution in [2.45, 2.75) is 17.5 Å². The van der Waals surface area contributed by atoms with E-state index in [-0.39, 0.29) is 5.56 Å². The van der Waals surface area contributed by atoms with E-state index in [1.807, 2.05) is 71.1 Å². The van der Waals surface area contributed by atoms with Gasteiger partial charge >= 0.3 is 0 Å². The third kappa shape index (κ3) is 3.69. The van der Waals surface area contributed by atoms with Gasteiger partial charge in [-0.15, -0.1) is 10.2 Å². The molecule has 6 rings (SSSR count). The van der Waals surface area contributed by atoms with Gasteiger partial charge in [-0.05, 0) is 35.4 Å². The van der Waals surface area contributed by atoms with Gasteiger partial charge in [0, 0.05) is 5.75 Å². The zero-order valence-corrected chi connectivity index (χ0v) is 19.6. The minimum atomic E-state index is -0.0884. The van der Waals surface area contributed by atoms with Crippen LogP contribution in [0.1, 0.15) is 11.1 Å². The van der Waals surface area contributed by atoms with Crippen LogP contribution in [0.15, 0.2) is 76.7 Å². The summed E-state index contributed by atoms with van der Waals surface area (Å²) in [4.78, 5) is 13.3. The van der Waals surface area contributed by atoms with E-state index in [1.165, 1.54) is 11.8 Å². The van der Waals surface area contributed by atoms with Gasteiger partial charge in [0.15, 0.2) is 16.7 Å². The highest BCUT2D eigenvalue weighted by Gasteiger charge is 2.19. The molecule has 0 unspecified atom stereocenters. The highest BCUT2D eigenvalue weighted by Crippen LogP contribution is 2.39. The summed E-state index contributed by atoms with van der Waals surface area (Å²) in [7, 11) is 0. The average Bonchev–Trinajstić information content (AvgIpc) is 3.30. The van der Waals surface area contributed by atoms with Gasteiger partial charge in [-0.25, -0.2) is 0 Å². The lowest BCUT2D eigenvalue weighted by Crippen LogP contribution is -2.24. The van der Waals surface area contributed by atoms with Crippen molar-refractivity contribution in [2.75, 3.05) is 13.2 Å². The maximum Gasteiger partial charge on any atom is 0.263 e. The quantitative estimate of drug-likeness (QED) is 0.329. The van der Waals surface area contributed by atoms with Crippen molar-refractivity contribution in [3.05, 3.63) is 93.2 Å². The molecule has 0 N–H and O–H groups in total. The average molecular weight is 491 g/mol. The van der Waals surface area contributed by atoms with Crippen molar-refractivity contribution >= 4 is 40.0 Å². The number of halogens is 1. The van der Waals surface area contributed by atoms with E-state index < -0.39 is 0 Å². The number of benzene rings is 3. The Balaban J connectivity index is 1.42. The fourth-order valence-electron chi connectivity index (χ4n) is 4.13. The molecule has 0 saturated heterocycles. The van der Waals surface area contributed by atoms with Crippen molar-refractivity contribution in [3.63, 3.8) is 0 Å². The topological polar surface area (TPSA) is 70.7 Å². The van der Waals surface area contributed by atoms with E-state index in [1.54, 1.807) is 4.57 Å². The predicted molar refractivity (Wildman–Crippen MR) is 132 cm³/mol. The Labute approximate surface area is 203 Å². The Hall–Kier alpha value is -3.49. The standard InChI is InChI=1S/C25H19ClN4O3S/c26-19-12-17(13-21-22(19)33-11-10-32-21)15-34-25-28-27-24-29(14-16-6-2-1-3-7-16)23(31)18-8-4-5-9-20(18)30(24)25/h1-9,12-13H,10-11,14-15H2. The van der Waals surface area contributed by atoms with Crippen molar-refractivity contribution in [1.29, 1.82) is 0 Å². The molecule has 5 aromatic rings. The summed E-state index contributed by atoms with van der Waals surface area (Å²) in [6.07, 6.45) is 0. The number of thioether (sulfide) groups is 1. The van der Waals surface area contributed by atoms with Crippen molar-refractivity contribution in [1.82, 2.24) is 19.2 Å². The van der Waals surface area contributed by atoms with Crippen LogP contribution in [0.4, 0.5) is 0 Å². The summed E-state index contributed by atoms with van der Waals surface area (Å²) in [5.41, 5.74) is 2.69. The number of hydrogen-bond acceptors (Lipinski definition) is 6. The number of para-hydroxylation sites is 1. The van der Waals surface area contributed by atoms with Gasteiger partial charge in [-0.2, -0.15) is 0 Å². The first-order chi connectivity index (χ1) is 16.7. The molecule has 0 fully saturated rings. The zero-order chi connectivity index (χ0) is 23.1. The van der Waals surface area contributed by atoms with Gasteiger partial charge < -0.3 is 9.47 Å². The van der Waals surface area contributed by atoms with Gasteiger partial charge in [-0.3, -0.25) is 13.8 Å². The van der Waals surface area contributed by atoms with E-state index >= 15 is 0 Å². The summed E-state index contributed by atoms with van der Waals surface area (Å²) in [6, 6.07) is 21.2. The molecular weight excluding hydrogens is 472 g/mol. The van der Waals surface area contributed by atoms with E-state index in [2.05, 4.69) is 10.2 Å². The van der Waals surface area contributed by atoms with Crippen LogP contribution in [0.5, 0.6) is 11.5 Å². The number of aromatic nitrogens is 4. The van der Waals surface area contributed by atoms with Crippen LogP contribution in [0.3, 0.4) is 0 Å². The number of nitrogens with zero attached hydrogens (tertiary/aromatic N) is 4. The SMILES string of the molecule is O=c1c2ccccc2n2c(SCc3cc(Cl)c4c(c3)OCCO4)nnc2n1Cc1ccccc1. The lowest BCUT2D eigenvalue weighted by Gasteiger charge is -2.20. The van der Waals surface area contributed by atoms with Gasteiger partial charge in [0.05, 0.1) is 22.5 Å². The predicted octanol–water partition coefficient (Wildman–Crippen LogP) is 4.81. The van der Waals surface area contributed by atoms with Crippen molar-refractivity contribution in [2.24, 2.45) is 0 Å². The molecule has 0 amide bonds. The fraction of sp³-hybridized carbons (Fsp3) is 0.160. The van der Waals surface area contributed by atoms with Gasteiger partial charge in [0.1, 0.15) is 13.2 Å².